The van der Waals surface area contributed by atoms with Crippen LogP contribution in [0.1, 0.15) is 48.2 Å². The van der Waals surface area contributed by atoms with Crippen LogP contribution in [0.15, 0.2) is 12.5 Å². The van der Waals surface area contributed by atoms with Gasteiger partial charge in [0.05, 0.1) is 11.3 Å². The van der Waals surface area contributed by atoms with Crippen molar-refractivity contribution in [3.63, 3.8) is 0 Å². The molecule has 6 nitrogen and oxygen atoms in total. The normalized spacial score (nSPS) is 16.7. The molecular weight excluding hydrogens is 242 g/mol. The molecule has 0 unspecified atom stereocenters. The molecule has 1 aliphatic carbocycles. The minimum Gasteiger partial charge on any atom is -0.349 e. The molecule has 0 spiro atoms. The smallest absolute Gasteiger partial charge is 0.254 e. The molecule has 19 heavy (non-hydrogen) atoms. The number of nitrogens with zero attached hydrogens (tertiary/aromatic N) is 4. The molecule has 1 N–H and O–H groups in total. The second kappa shape index (κ2) is 4.95. The van der Waals surface area contributed by atoms with Crippen LogP contribution in [0.2, 0.25) is 0 Å². The van der Waals surface area contributed by atoms with Gasteiger partial charge in [-0.25, -0.2) is 9.50 Å². The van der Waals surface area contributed by atoms with Crippen molar-refractivity contribution in [2.75, 3.05) is 0 Å². The number of carbonyl (C=O) groups excluding carboxylic acids is 1. The molecule has 0 bridgehead atoms. The van der Waals surface area contributed by atoms with E-state index in [1.807, 2.05) is 6.92 Å². The summed E-state index contributed by atoms with van der Waals surface area (Å²) in [7, 11) is 0. The van der Waals surface area contributed by atoms with Crippen molar-refractivity contribution in [1.82, 2.24) is 24.9 Å². The van der Waals surface area contributed by atoms with Crippen molar-refractivity contribution in [3.8, 4) is 0 Å². The van der Waals surface area contributed by atoms with Gasteiger partial charge in [-0.05, 0) is 19.8 Å². The maximum absolute atomic E-state index is 12.3. The molecule has 0 aromatic carbocycles. The fraction of sp³-hybridized carbons (Fsp3) is 0.538. The number of hydrogen-bond donors (Lipinski definition) is 1. The SMILES string of the molecule is Cc1c(C(=O)NC2CCCCC2)cnc2ncnn12. The minimum atomic E-state index is -0.0608. The molecular formula is C13H17N5O. The van der Waals surface area contributed by atoms with Crippen molar-refractivity contribution in [2.24, 2.45) is 0 Å². The highest BCUT2D eigenvalue weighted by atomic mass is 16.1. The third-order valence-corrected chi connectivity index (χ3v) is 3.73. The number of aryl methyl sites for hydroxylation is 1. The monoisotopic (exact) mass is 259 g/mol. The first-order chi connectivity index (χ1) is 9.25. The summed E-state index contributed by atoms with van der Waals surface area (Å²) in [5.41, 5.74) is 1.35. The van der Waals surface area contributed by atoms with Crippen LogP contribution in [0.4, 0.5) is 0 Å². The van der Waals surface area contributed by atoms with Gasteiger partial charge in [0.1, 0.15) is 6.33 Å². The topological polar surface area (TPSA) is 72.2 Å². The number of fused-ring (bicyclic) bond motifs is 1. The average molecular weight is 259 g/mol. The zero-order valence-electron chi connectivity index (χ0n) is 11.0. The van der Waals surface area contributed by atoms with E-state index in [0.29, 0.717) is 17.4 Å². The molecule has 2 aromatic heterocycles. The summed E-state index contributed by atoms with van der Waals surface area (Å²) < 4.78 is 1.59. The molecule has 0 saturated heterocycles. The molecule has 0 radical (unpaired) electrons. The van der Waals surface area contributed by atoms with Gasteiger partial charge < -0.3 is 5.32 Å². The molecule has 1 amide bonds. The Morgan fingerprint density at radius 1 is 1.32 bits per heavy atom. The molecule has 1 aliphatic rings. The van der Waals surface area contributed by atoms with Gasteiger partial charge in [-0.2, -0.15) is 10.1 Å². The van der Waals surface area contributed by atoms with Crippen LogP contribution < -0.4 is 5.32 Å². The first-order valence-corrected chi connectivity index (χ1v) is 6.72. The van der Waals surface area contributed by atoms with Crippen molar-refractivity contribution in [3.05, 3.63) is 23.8 Å². The molecule has 6 heteroatoms. The maximum atomic E-state index is 12.3. The highest BCUT2D eigenvalue weighted by molar-refractivity contribution is 5.95. The Morgan fingerprint density at radius 3 is 2.89 bits per heavy atom. The number of rotatable bonds is 2. The van der Waals surface area contributed by atoms with Gasteiger partial charge in [0.2, 0.25) is 0 Å². The maximum Gasteiger partial charge on any atom is 0.254 e. The molecule has 1 fully saturated rings. The summed E-state index contributed by atoms with van der Waals surface area (Å²) in [6.45, 7) is 1.86. The summed E-state index contributed by atoms with van der Waals surface area (Å²) in [4.78, 5) is 20.4. The van der Waals surface area contributed by atoms with E-state index in [9.17, 15) is 4.79 Å². The summed E-state index contributed by atoms with van der Waals surface area (Å²) in [6, 6.07) is 0.298. The summed E-state index contributed by atoms with van der Waals surface area (Å²) >= 11 is 0. The van der Waals surface area contributed by atoms with Gasteiger partial charge in [0.25, 0.3) is 11.7 Å². The van der Waals surface area contributed by atoms with E-state index < -0.39 is 0 Å². The lowest BCUT2D eigenvalue weighted by atomic mass is 9.95. The van der Waals surface area contributed by atoms with Crippen molar-refractivity contribution in [1.29, 1.82) is 0 Å². The second-order valence-corrected chi connectivity index (χ2v) is 5.04. The number of carbonyl (C=O) groups is 1. The Labute approximate surface area is 111 Å². The third-order valence-electron chi connectivity index (χ3n) is 3.73. The standard InChI is InChI=1S/C13H17N5O/c1-9-11(7-14-13-15-8-16-18(9)13)12(19)17-10-5-3-2-4-6-10/h7-8,10H,2-6H2,1H3,(H,17,19). The zero-order chi connectivity index (χ0) is 13.2. The van der Waals surface area contributed by atoms with Gasteiger partial charge in [-0.15, -0.1) is 0 Å². The van der Waals surface area contributed by atoms with E-state index in [1.165, 1.54) is 25.6 Å². The van der Waals surface area contributed by atoms with Gasteiger partial charge >= 0.3 is 0 Å². The van der Waals surface area contributed by atoms with Crippen LogP contribution in [0.25, 0.3) is 5.78 Å². The van der Waals surface area contributed by atoms with Crippen LogP contribution in [-0.2, 0) is 0 Å². The Balaban J connectivity index is 1.82. The summed E-state index contributed by atoms with van der Waals surface area (Å²) in [5, 5.41) is 7.16. The first kappa shape index (κ1) is 12.1. The lowest BCUT2D eigenvalue weighted by molar-refractivity contribution is 0.0926. The van der Waals surface area contributed by atoms with Gasteiger partial charge in [-0.1, -0.05) is 19.3 Å². The van der Waals surface area contributed by atoms with E-state index >= 15 is 0 Å². The van der Waals surface area contributed by atoms with Crippen molar-refractivity contribution >= 4 is 11.7 Å². The average Bonchev–Trinajstić information content (AvgIpc) is 2.89. The Morgan fingerprint density at radius 2 is 2.11 bits per heavy atom. The van der Waals surface area contributed by atoms with E-state index in [1.54, 1.807) is 10.7 Å². The fourth-order valence-corrected chi connectivity index (χ4v) is 2.62. The van der Waals surface area contributed by atoms with Crippen LogP contribution >= 0.6 is 0 Å². The molecule has 2 aromatic rings. The fourth-order valence-electron chi connectivity index (χ4n) is 2.62. The molecule has 2 heterocycles. The number of nitrogens with one attached hydrogen (secondary N) is 1. The van der Waals surface area contributed by atoms with Gasteiger partial charge in [-0.3, -0.25) is 4.79 Å². The van der Waals surface area contributed by atoms with E-state index in [0.717, 1.165) is 18.5 Å². The minimum absolute atomic E-state index is 0.0608. The Hall–Kier alpha value is -1.98. The summed E-state index contributed by atoms with van der Waals surface area (Å²) in [6.07, 6.45) is 8.84. The number of amides is 1. The van der Waals surface area contributed by atoms with Crippen molar-refractivity contribution < 1.29 is 4.79 Å². The number of aromatic nitrogens is 4. The largest absolute Gasteiger partial charge is 0.349 e. The molecule has 100 valence electrons. The van der Waals surface area contributed by atoms with Crippen LogP contribution in [0.5, 0.6) is 0 Å². The van der Waals surface area contributed by atoms with Gasteiger partial charge in [0.15, 0.2) is 0 Å². The van der Waals surface area contributed by atoms with E-state index in [2.05, 4.69) is 20.4 Å². The highest BCUT2D eigenvalue weighted by Gasteiger charge is 2.19. The Bertz CT molecular complexity index is 600. The Kier molecular flexibility index (Phi) is 3.15. The van der Waals surface area contributed by atoms with Crippen LogP contribution in [0.3, 0.4) is 0 Å². The summed E-state index contributed by atoms with van der Waals surface area (Å²) in [5.74, 6) is 0.459. The zero-order valence-corrected chi connectivity index (χ0v) is 11.0. The predicted molar refractivity (Wildman–Crippen MR) is 69.9 cm³/mol. The first-order valence-electron chi connectivity index (χ1n) is 6.72. The van der Waals surface area contributed by atoms with Gasteiger partial charge in [0, 0.05) is 12.2 Å². The molecule has 0 atom stereocenters. The van der Waals surface area contributed by atoms with E-state index in [4.69, 9.17) is 0 Å². The predicted octanol–water partition coefficient (Wildman–Crippen LogP) is 1.50. The highest BCUT2D eigenvalue weighted by Crippen LogP contribution is 2.18. The molecule has 1 saturated carbocycles. The van der Waals surface area contributed by atoms with Crippen LogP contribution in [-0.4, -0.2) is 31.5 Å². The molecule has 3 rings (SSSR count). The quantitative estimate of drug-likeness (QED) is 0.887. The lowest BCUT2D eigenvalue weighted by Gasteiger charge is -2.23. The number of hydrogen-bond acceptors (Lipinski definition) is 4. The second-order valence-electron chi connectivity index (χ2n) is 5.04. The lowest BCUT2D eigenvalue weighted by Crippen LogP contribution is -2.36. The van der Waals surface area contributed by atoms with Crippen molar-refractivity contribution in [2.45, 2.75) is 45.1 Å². The van der Waals surface area contributed by atoms with E-state index in [-0.39, 0.29) is 5.91 Å². The molecule has 0 aliphatic heterocycles. The van der Waals surface area contributed by atoms with Crippen LogP contribution in [0, 0.1) is 6.92 Å². The third kappa shape index (κ3) is 2.30.